The lowest BCUT2D eigenvalue weighted by Gasteiger charge is -2.12. The zero-order chi connectivity index (χ0) is 14.3. The van der Waals surface area contributed by atoms with Crippen LogP contribution in [0.25, 0.3) is 0 Å². The molecular weight excluding hydrogens is 363 g/mol. The van der Waals surface area contributed by atoms with Crippen molar-refractivity contribution < 1.29 is 17.1 Å². The van der Waals surface area contributed by atoms with Crippen LogP contribution in [0.3, 0.4) is 0 Å². The summed E-state index contributed by atoms with van der Waals surface area (Å²) in [7, 11) is 4.15. The number of aryl methyl sites for hydroxylation is 1. The van der Waals surface area contributed by atoms with E-state index in [1.165, 1.54) is 0 Å². The monoisotopic (exact) mass is 383 g/mol. The molecule has 0 heterocycles. The maximum absolute atomic E-state index is 6.16. The van der Waals surface area contributed by atoms with Gasteiger partial charge in [-0.2, -0.15) is 0 Å². The molecule has 116 valence electrons. The minimum atomic E-state index is 0. The molecule has 0 saturated carbocycles. The number of nitrogens with one attached hydrogen (secondary N) is 1. The number of hydrogen-bond donors (Lipinski definition) is 1. The molecule has 0 aliphatic carbocycles. The van der Waals surface area contributed by atoms with Crippen LogP contribution in [-0.4, -0.2) is 45.2 Å². The van der Waals surface area contributed by atoms with Crippen LogP contribution < -0.4 is 22.5 Å². The molecule has 0 bridgehead atoms. The van der Waals surface area contributed by atoms with Crippen molar-refractivity contribution in [1.82, 2.24) is 10.2 Å². The van der Waals surface area contributed by atoms with Gasteiger partial charge in [0.15, 0.2) is 0 Å². The minimum absolute atomic E-state index is 0. The Hall–Kier alpha value is -0.0000000000000000555. The lowest BCUT2D eigenvalue weighted by Crippen LogP contribution is -3.00. The van der Waals surface area contributed by atoms with Crippen LogP contribution in [-0.2, 0) is 0 Å². The van der Waals surface area contributed by atoms with Crippen LogP contribution in [0.5, 0.6) is 5.75 Å². The van der Waals surface area contributed by atoms with Crippen molar-refractivity contribution in [2.75, 3.05) is 40.3 Å². The first-order valence-corrected chi connectivity index (χ1v) is 7.61. The number of ether oxygens (including phenoxy) is 1. The van der Waals surface area contributed by atoms with Crippen molar-refractivity contribution in [2.24, 2.45) is 0 Å². The first kappa shape index (κ1) is 20.0. The van der Waals surface area contributed by atoms with Crippen LogP contribution in [0.1, 0.15) is 12.0 Å². The van der Waals surface area contributed by atoms with E-state index in [4.69, 9.17) is 16.3 Å². The minimum Gasteiger partial charge on any atom is -1.00 e. The summed E-state index contributed by atoms with van der Waals surface area (Å²) in [6.07, 6.45) is 0.971. The molecule has 6 heteroatoms. The average molecular weight is 385 g/mol. The van der Waals surface area contributed by atoms with E-state index in [0.29, 0.717) is 11.6 Å². The fraction of sp³-hybridized carbons (Fsp3) is 0.571. The molecule has 20 heavy (non-hydrogen) atoms. The maximum Gasteiger partial charge on any atom is 0.140 e. The Morgan fingerprint density at radius 3 is 2.60 bits per heavy atom. The van der Waals surface area contributed by atoms with Gasteiger partial charge in [0.05, 0.1) is 11.6 Å². The number of rotatable bonds is 8. The van der Waals surface area contributed by atoms with Crippen molar-refractivity contribution in [3.63, 3.8) is 0 Å². The Morgan fingerprint density at radius 2 is 2.00 bits per heavy atom. The fourth-order valence-corrected chi connectivity index (χ4v) is 2.70. The van der Waals surface area contributed by atoms with Crippen molar-refractivity contribution in [3.05, 3.63) is 27.2 Å². The molecule has 0 saturated heterocycles. The predicted octanol–water partition coefficient (Wildman–Crippen LogP) is 0.335. The Kier molecular flexibility index (Phi) is 10.7. The molecular formula is C14H22BrCl2N2O-. The van der Waals surface area contributed by atoms with Crippen LogP contribution in [0.2, 0.25) is 5.02 Å². The lowest BCUT2D eigenvalue weighted by atomic mass is 10.2. The highest BCUT2D eigenvalue weighted by molar-refractivity contribution is 9.10. The Labute approximate surface area is 141 Å². The van der Waals surface area contributed by atoms with E-state index >= 15 is 0 Å². The van der Waals surface area contributed by atoms with E-state index in [1.807, 2.05) is 19.1 Å². The molecule has 1 N–H and O–H groups in total. The van der Waals surface area contributed by atoms with Crippen molar-refractivity contribution in [2.45, 2.75) is 13.3 Å². The third-order valence-electron chi connectivity index (χ3n) is 2.67. The van der Waals surface area contributed by atoms with E-state index in [9.17, 15) is 0 Å². The highest BCUT2D eigenvalue weighted by Crippen LogP contribution is 2.31. The SMILES string of the molecule is Cc1cc(Br)cc(Cl)c1OCCCNCCN(C)C.[Cl-]. The van der Waals surface area contributed by atoms with Gasteiger partial charge in [-0.3, -0.25) is 0 Å². The van der Waals surface area contributed by atoms with Crippen molar-refractivity contribution in [1.29, 1.82) is 0 Å². The van der Waals surface area contributed by atoms with Gasteiger partial charge in [0, 0.05) is 17.6 Å². The molecule has 0 unspecified atom stereocenters. The van der Waals surface area contributed by atoms with Crippen LogP contribution >= 0.6 is 27.5 Å². The molecule has 1 rings (SSSR count). The second kappa shape index (κ2) is 10.7. The first-order chi connectivity index (χ1) is 9.00. The van der Waals surface area contributed by atoms with Crippen molar-refractivity contribution in [3.8, 4) is 5.75 Å². The summed E-state index contributed by atoms with van der Waals surface area (Å²) >= 11 is 9.57. The van der Waals surface area contributed by atoms with Crippen molar-refractivity contribution >= 4 is 27.5 Å². The fourth-order valence-electron chi connectivity index (χ4n) is 1.67. The van der Waals surface area contributed by atoms with Gasteiger partial charge >= 0.3 is 0 Å². The van der Waals surface area contributed by atoms with E-state index < -0.39 is 0 Å². The highest BCUT2D eigenvalue weighted by Gasteiger charge is 2.06. The van der Waals surface area contributed by atoms with Gasteiger partial charge in [0.1, 0.15) is 5.75 Å². The van der Waals surface area contributed by atoms with E-state index in [-0.39, 0.29) is 12.4 Å². The molecule has 0 amide bonds. The smallest absolute Gasteiger partial charge is 0.140 e. The molecule has 0 atom stereocenters. The first-order valence-electron chi connectivity index (χ1n) is 6.44. The number of likely N-dealkylation sites (N-methyl/N-ethyl adjacent to an activating group) is 1. The lowest BCUT2D eigenvalue weighted by molar-refractivity contribution is -0.00000439. The van der Waals surface area contributed by atoms with E-state index in [2.05, 4.69) is 40.2 Å². The van der Waals surface area contributed by atoms with Crippen LogP contribution in [0.15, 0.2) is 16.6 Å². The summed E-state index contributed by atoms with van der Waals surface area (Å²) in [5.74, 6) is 0.790. The topological polar surface area (TPSA) is 24.5 Å². The summed E-state index contributed by atoms with van der Waals surface area (Å²) < 4.78 is 6.73. The third kappa shape index (κ3) is 7.70. The van der Waals surface area contributed by atoms with Gasteiger partial charge in [-0.1, -0.05) is 27.5 Å². The summed E-state index contributed by atoms with van der Waals surface area (Å²) in [4.78, 5) is 2.16. The highest BCUT2D eigenvalue weighted by atomic mass is 79.9. The molecule has 0 aromatic heterocycles. The van der Waals surface area contributed by atoms with Gasteiger partial charge in [0.2, 0.25) is 0 Å². The number of hydrogen-bond acceptors (Lipinski definition) is 3. The Bertz CT molecular complexity index is 380. The summed E-state index contributed by atoms with van der Waals surface area (Å²) in [5, 5.41) is 4.04. The molecule has 0 spiro atoms. The van der Waals surface area contributed by atoms with Gasteiger partial charge in [-0.15, -0.1) is 0 Å². The summed E-state index contributed by atoms with van der Waals surface area (Å²) in [6.45, 7) is 5.70. The average Bonchev–Trinajstić information content (AvgIpc) is 2.30. The molecule has 0 radical (unpaired) electrons. The normalized spacial score (nSPS) is 10.5. The molecule has 0 aliphatic rings. The Morgan fingerprint density at radius 1 is 1.30 bits per heavy atom. The van der Waals surface area contributed by atoms with Gasteiger partial charge in [-0.05, 0) is 51.7 Å². The molecule has 1 aromatic carbocycles. The van der Waals surface area contributed by atoms with Crippen LogP contribution in [0.4, 0.5) is 0 Å². The van der Waals surface area contributed by atoms with Gasteiger partial charge < -0.3 is 27.4 Å². The summed E-state index contributed by atoms with van der Waals surface area (Å²) in [6, 6.07) is 3.87. The maximum atomic E-state index is 6.16. The molecule has 1 aromatic rings. The third-order valence-corrected chi connectivity index (χ3v) is 3.41. The second-order valence-electron chi connectivity index (χ2n) is 4.79. The largest absolute Gasteiger partial charge is 1.00 e. The zero-order valence-corrected chi connectivity index (χ0v) is 15.3. The number of halogens is 3. The summed E-state index contributed by atoms with van der Waals surface area (Å²) in [5.41, 5.74) is 1.06. The van der Waals surface area contributed by atoms with Gasteiger partial charge in [-0.25, -0.2) is 0 Å². The predicted molar refractivity (Wildman–Crippen MR) is 85.4 cm³/mol. The standard InChI is InChI=1S/C14H22BrClN2O.ClH/c1-11-9-12(15)10-13(16)14(11)19-8-4-5-17-6-7-18(2)3;/h9-10,17H,4-8H2,1-3H3;1H/p-1. The molecule has 0 fully saturated rings. The van der Waals surface area contributed by atoms with E-state index in [0.717, 1.165) is 41.8 Å². The molecule has 0 aliphatic heterocycles. The number of benzene rings is 1. The van der Waals surface area contributed by atoms with Crippen LogP contribution in [0, 0.1) is 6.92 Å². The molecule has 3 nitrogen and oxygen atoms in total. The zero-order valence-electron chi connectivity index (χ0n) is 12.2. The number of nitrogens with zero attached hydrogens (tertiary/aromatic N) is 1. The second-order valence-corrected chi connectivity index (χ2v) is 6.11. The van der Waals surface area contributed by atoms with E-state index in [1.54, 1.807) is 0 Å². The quantitative estimate of drug-likeness (QED) is 0.654. The Balaban J connectivity index is 0.00000361. The van der Waals surface area contributed by atoms with Gasteiger partial charge in [0.25, 0.3) is 0 Å².